The average molecular weight is 751 g/mol. The first-order chi connectivity index (χ1) is 24.2. The Morgan fingerprint density at radius 2 is 1.84 bits per heavy atom. The molecule has 0 aliphatic carbocycles. The van der Waals surface area contributed by atoms with E-state index in [2.05, 4.69) is 22.5 Å². The van der Waals surface area contributed by atoms with Crippen LogP contribution in [0.3, 0.4) is 0 Å². The molecule has 8 nitrogen and oxygen atoms in total. The lowest BCUT2D eigenvalue weighted by molar-refractivity contribution is -0.153. The Labute approximate surface area is 293 Å². The Kier molecular flexibility index (Phi) is 12.8. The first-order valence-corrected chi connectivity index (χ1v) is 17.0. The Morgan fingerprint density at radius 1 is 1.08 bits per heavy atom. The van der Waals surface area contributed by atoms with Gasteiger partial charge in [-0.25, -0.2) is 8.78 Å². The number of aliphatic hydroxyl groups excluding tert-OH is 1. The molecule has 0 saturated carbocycles. The van der Waals surface area contributed by atoms with E-state index in [1.165, 1.54) is 19.2 Å². The van der Waals surface area contributed by atoms with Crippen molar-refractivity contribution in [2.24, 2.45) is 0 Å². The third-order valence-electron chi connectivity index (χ3n) is 8.35. The van der Waals surface area contributed by atoms with E-state index in [1.54, 1.807) is 21.9 Å². The second-order valence-corrected chi connectivity index (χ2v) is 13.3. The van der Waals surface area contributed by atoms with E-state index >= 15 is 8.78 Å². The van der Waals surface area contributed by atoms with Gasteiger partial charge in [0.05, 0.1) is 71.6 Å². The van der Waals surface area contributed by atoms with E-state index in [0.29, 0.717) is 55.0 Å². The number of aliphatic hydroxyl groups is 1. The lowest BCUT2D eigenvalue weighted by atomic mass is 10.0. The van der Waals surface area contributed by atoms with Crippen molar-refractivity contribution in [2.75, 3.05) is 88.3 Å². The fourth-order valence-electron chi connectivity index (χ4n) is 6.07. The number of piperidine rings is 1. The zero-order chi connectivity index (χ0) is 36.8. The standard InChI is InChI=1S/C34H38F8N4O4S/c1-48-19-21(47)17-45-9-7-26(25(36)18-45)44-27-5-2-4-22-23(16-33(37,38)39)31(51-32(22)27)6-3-8-43-28-14-24(35)29(46-10-12-49-13-11-46)15-30(28)50-20-34(40,41)42/h2,4-5,14-15,21,25-26,43-44,47H,7-13,16-20H2,1H3. The van der Waals surface area contributed by atoms with E-state index in [-0.39, 0.29) is 53.8 Å². The fraction of sp³-hybridized carbons (Fsp3) is 0.529. The van der Waals surface area contributed by atoms with Gasteiger partial charge in [0.2, 0.25) is 0 Å². The van der Waals surface area contributed by atoms with Crippen LogP contribution in [0.15, 0.2) is 30.3 Å². The third kappa shape index (κ3) is 10.7. The Balaban J connectivity index is 1.35. The number of rotatable bonds is 12. The number of fused-ring (bicyclic) bond motifs is 1. The summed E-state index contributed by atoms with van der Waals surface area (Å²) >= 11 is 1.01. The van der Waals surface area contributed by atoms with Gasteiger partial charge in [0.1, 0.15) is 17.7 Å². The van der Waals surface area contributed by atoms with Crippen LogP contribution >= 0.6 is 11.3 Å². The Morgan fingerprint density at radius 3 is 2.53 bits per heavy atom. The molecule has 2 aliphatic heterocycles. The number of hydrogen-bond donors (Lipinski definition) is 3. The molecule has 3 heterocycles. The Bertz CT molecular complexity index is 1690. The van der Waals surface area contributed by atoms with Gasteiger partial charge in [0.15, 0.2) is 6.61 Å². The second kappa shape index (κ2) is 16.8. The molecule has 0 amide bonds. The SMILES string of the molecule is COCC(O)CN1CCC(Nc2cccc3c(CC(F)(F)F)c(C#CCNc4cc(F)c(N5CCOCC5)cc4OCC(F)(F)F)sc23)C(F)C1. The second-order valence-electron chi connectivity index (χ2n) is 12.3. The summed E-state index contributed by atoms with van der Waals surface area (Å²) in [5, 5.41) is 16.2. The molecule has 0 spiro atoms. The third-order valence-corrected chi connectivity index (χ3v) is 9.55. The predicted molar refractivity (Wildman–Crippen MR) is 179 cm³/mol. The number of nitrogens with zero attached hydrogens (tertiary/aromatic N) is 2. The molecule has 3 N–H and O–H groups in total. The number of nitrogens with one attached hydrogen (secondary N) is 2. The number of thiophene rings is 1. The molecule has 1 aromatic heterocycles. The molecule has 2 aliphatic rings. The molecule has 3 unspecified atom stereocenters. The molecule has 0 radical (unpaired) electrons. The van der Waals surface area contributed by atoms with Crippen LogP contribution in [0.25, 0.3) is 10.1 Å². The first-order valence-electron chi connectivity index (χ1n) is 16.2. The minimum atomic E-state index is -4.66. The maximum atomic E-state index is 15.3. The number of likely N-dealkylation sites (tertiary alicyclic amines) is 1. The van der Waals surface area contributed by atoms with Crippen LogP contribution in [0.4, 0.5) is 52.2 Å². The van der Waals surface area contributed by atoms with Crippen LogP contribution in [-0.2, 0) is 15.9 Å². The molecule has 2 saturated heterocycles. The van der Waals surface area contributed by atoms with Crippen LogP contribution < -0.4 is 20.3 Å². The van der Waals surface area contributed by atoms with Gasteiger partial charge in [-0.2, -0.15) is 26.3 Å². The van der Waals surface area contributed by atoms with Crippen LogP contribution in [0.2, 0.25) is 0 Å². The zero-order valence-electron chi connectivity index (χ0n) is 27.6. The molecule has 2 aromatic carbocycles. The molecule has 51 heavy (non-hydrogen) atoms. The highest BCUT2D eigenvalue weighted by molar-refractivity contribution is 7.20. The largest absolute Gasteiger partial charge is 0.482 e. The van der Waals surface area contributed by atoms with Gasteiger partial charge in [-0.1, -0.05) is 24.0 Å². The maximum absolute atomic E-state index is 15.3. The number of morpholine rings is 1. The summed E-state index contributed by atoms with van der Waals surface area (Å²) < 4.78 is 126. The van der Waals surface area contributed by atoms with Crippen LogP contribution in [0, 0.1) is 17.7 Å². The zero-order valence-corrected chi connectivity index (χ0v) is 28.4. The molecular weight excluding hydrogens is 712 g/mol. The minimum absolute atomic E-state index is 0.0455. The van der Waals surface area contributed by atoms with Crippen molar-refractivity contribution in [1.29, 1.82) is 0 Å². The average Bonchev–Trinajstić information content (AvgIpc) is 3.40. The molecule has 17 heteroatoms. The van der Waals surface area contributed by atoms with E-state index in [4.69, 9.17) is 14.2 Å². The number of ether oxygens (including phenoxy) is 3. The predicted octanol–water partition coefficient (Wildman–Crippen LogP) is 6.22. The molecule has 280 valence electrons. The van der Waals surface area contributed by atoms with Crippen LogP contribution in [0.5, 0.6) is 5.75 Å². The number of halogens is 8. The van der Waals surface area contributed by atoms with E-state index in [1.807, 2.05) is 0 Å². The highest BCUT2D eigenvalue weighted by Crippen LogP contribution is 2.40. The lowest BCUT2D eigenvalue weighted by Crippen LogP contribution is -2.50. The quantitative estimate of drug-likeness (QED) is 0.149. The summed E-state index contributed by atoms with van der Waals surface area (Å²) in [5.41, 5.74) is 0.327. The molecule has 3 aromatic rings. The van der Waals surface area contributed by atoms with Crippen molar-refractivity contribution in [3.8, 4) is 17.6 Å². The smallest absolute Gasteiger partial charge is 0.422 e. The number of hydrogen-bond acceptors (Lipinski definition) is 9. The number of methoxy groups -OCH3 is 1. The van der Waals surface area contributed by atoms with Gasteiger partial charge >= 0.3 is 12.4 Å². The van der Waals surface area contributed by atoms with E-state index in [0.717, 1.165) is 17.4 Å². The molecule has 2 fully saturated rings. The number of benzene rings is 2. The van der Waals surface area contributed by atoms with Crippen molar-refractivity contribution in [3.05, 3.63) is 46.6 Å². The lowest BCUT2D eigenvalue weighted by Gasteiger charge is -2.36. The normalized spacial score (nSPS) is 19.5. The fourth-order valence-corrected chi connectivity index (χ4v) is 7.24. The van der Waals surface area contributed by atoms with Gasteiger partial charge in [-0.05, 0) is 23.4 Å². The highest BCUT2D eigenvalue weighted by Gasteiger charge is 2.33. The number of alkyl halides is 7. The van der Waals surface area contributed by atoms with Crippen molar-refractivity contribution < 1.29 is 54.4 Å². The molecular formula is C34H38F8N4O4S. The molecule has 3 atom stereocenters. The summed E-state index contributed by atoms with van der Waals surface area (Å²) in [6, 6.07) is 6.32. The topological polar surface area (TPSA) is 78.5 Å². The van der Waals surface area contributed by atoms with Crippen molar-refractivity contribution in [1.82, 2.24) is 4.90 Å². The maximum Gasteiger partial charge on any atom is 0.422 e. The van der Waals surface area contributed by atoms with Crippen molar-refractivity contribution in [3.63, 3.8) is 0 Å². The van der Waals surface area contributed by atoms with Gasteiger partial charge in [0, 0.05) is 52.0 Å². The summed E-state index contributed by atoms with van der Waals surface area (Å²) in [6.45, 7) is 0.322. The van der Waals surface area contributed by atoms with Gasteiger partial charge in [-0.3, -0.25) is 4.90 Å². The number of β-amino-alcohol motifs (C(OH)–C–C–N with tert-alkyl or cyclic N) is 1. The summed E-state index contributed by atoms with van der Waals surface area (Å²) in [7, 11) is 1.46. The summed E-state index contributed by atoms with van der Waals surface area (Å²) in [5.74, 6) is 4.48. The van der Waals surface area contributed by atoms with Crippen molar-refractivity contribution in [2.45, 2.75) is 43.5 Å². The van der Waals surface area contributed by atoms with Gasteiger partial charge < -0.3 is 34.9 Å². The first kappa shape index (κ1) is 38.7. The molecule has 0 bridgehead atoms. The van der Waals surface area contributed by atoms with Crippen LogP contribution in [-0.4, -0.2) is 113 Å². The Hall–Kier alpha value is -3.56. The molecule has 5 rings (SSSR count). The van der Waals surface area contributed by atoms with E-state index < -0.39 is 49.5 Å². The minimum Gasteiger partial charge on any atom is -0.482 e. The van der Waals surface area contributed by atoms with Gasteiger partial charge in [-0.15, -0.1) is 11.3 Å². The highest BCUT2D eigenvalue weighted by atomic mass is 32.1. The number of anilines is 3. The van der Waals surface area contributed by atoms with Crippen molar-refractivity contribution >= 4 is 38.5 Å². The summed E-state index contributed by atoms with van der Waals surface area (Å²) in [4.78, 5) is 3.53. The monoisotopic (exact) mass is 750 g/mol. The van der Waals surface area contributed by atoms with E-state index in [9.17, 15) is 31.4 Å². The van der Waals surface area contributed by atoms with Gasteiger partial charge in [0.25, 0.3) is 0 Å². The van der Waals surface area contributed by atoms with Crippen LogP contribution in [0.1, 0.15) is 16.9 Å². The summed E-state index contributed by atoms with van der Waals surface area (Å²) in [6.07, 6.45) is -12.2.